The second-order valence-electron chi connectivity index (χ2n) is 8.50. The summed E-state index contributed by atoms with van der Waals surface area (Å²) in [6, 6.07) is 23.8. The average molecular weight is 478 g/mol. The van der Waals surface area contributed by atoms with Gasteiger partial charge in [0.25, 0.3) is 0 Å². The Bertz CT molecular complexity index is 1260. The fourth-order valence-corrected chi connectivity index (χ4v) is 4.27. The standard InChI is InChI=1S/C30H27N3O3/c1-3-20-5-9-23(10-6-20)30(24-11-7-21(4-2)8-12-24)25-15-13-22(14-16-25)26(33-31)18-32-29-17-27(35)28(19-34)36-29/h1-2,5-16,18,27-30,34-35H,17,19,31H2/b32-18+,33-26+. The van der Waals surface area contributed by atoms with E-state index in [2.05, 4.69) is 21.9 Å². The Hall–Kier alpha value is -4.20. The predicted octanol–water partition coefficient (Wildman–Crippen LogP) is 3.03. The first-order chi connectivity index (χ1) is 17.6. The summed E-state index contributed by atoms with van der Waals surface area (Å²) < 4.78 is 5.52. The van der Waals surface area contributed by atoms with E-state index in [0.717, 1.165) is 33.4 Å². The Morgan fingerprint density at radius 3 is 1.86 bits per heavy atom. The molecule has 1 aliphatic rings. The van der Waals surface area contributed by atoms with Crippen LogP contribution in [0.3, 0.4) is 0 Å². The van der Waals surface area contributed by atoms with Gasteiger partial charge in [-0.1, -0.05) is 60.4 Å². The predicted molar refractivity (Wildman–Crippen MR) is 142 cm³/mol. The summed E-state index contributed by atoms with van der Waals surface area (Å²) >= 11 is 0. The third-order valence-electron chi connectivity index (χ3n) is 6.25. The fourth-order valence-electron chi connectivity index (χ4n) is 4.27. The van der Waals surface area contributed by atoms with Crippen LogP contribution in [0.5, 0.6) is 0 Å². The number of benzene rings is 3. The van der Waals surface area contributed by atoms with E-state index in [9.17, 15) is 10.2 Å². The molecule has 3 unspecified atom stereocenters. The van der Waals surface area contributed by atoms with Crippen LogP contribution in [0.2, 0.25) is 0 Å². The van der Waals surface area contributed by atoms with Crippen molar-refractivity contribution in [1.82, 2.24) is 0 Å². The molecular weight excluding hydrogens is 450 g/mol. The maximum absolute atomic E-state index is 9.89. The van der Waals surface area contributed by atoms with Crippen LogP contribution in [0.15, 0.2) is 82.9 Å². The van der Waals surface area contributed by atoms with Gasteiger partial charge < -0.3 is 20.8 Å². The molecule has 0 bridgehead atoms. The number of hydrazone groups is 1. The molecule has 0 spiro atoms. The number of hydrogen-bond acceptors (Lipinski definition) is 6. The number of aliphatic hydroxyl groups excluding tert-OH is 2. The van der Waals surface area contributed by atoms with Crippen LogP contribution in [-0.2, 0) is 4.74 Å². The number of nitrogens with zero attached hydrogens (tertiary/aromatic N) is 2. The highest BCUT2D eigenvalue weighted by molar-refractivity contribution is 6.38. The first-order valence-corrected chi connectivity index (χ1v) is 11.5. The van der Waals surface area contributed by atoms with Crippen LogP contribution in [0.25, 0.3) is 0 Å². The molecule has 6 nitrogen and oxygen atoms in total. The van der Waals surface area contributed by atoms with Gasteiger partial charge in [-0.25, -0.2) is 0 Å². The second-order valence-corrected chi connectivity index (χ2v) is 8.50. The molecule has 3 aromatic rings. The van der Waals surface area contributed by atoms with Gasteiger partial charge in [-0.3, -0.25) is 4.99 Å². The third-order valence-corrected chi connectivity index (χ3v) is 6.25. The van der Waals surface area contributed by atoms with E-state index >= 15 is 0 Å². The molecule has 0 saturated carbocycles. The van der Waals surface area contributed by atoms with Crippen molar-refractivity contribution in [3.63, 3.8) is 0 Å². The third kappa shape index (κ3) is 5.54. The van der Waals surface area contributed by atoms with Crippen molar-refractivity contribution in [2.75, 3.05) is 6.61 Å². The Morgan fingerprint density at radius 1 is 0.944 bits per heavy atom. The zero-order valence-electron chi connectivity index (χ0n) is 19.7. The molecule has 0 aliphatic carbocycles. The molecule has 180 valence electrons. The van der Waals surface area contributed by atoms with Gasteiger partial charge in [-0.2, -0.15) is 5.10 Å². The van der Waals surface area contributed by atoms with Crippen LogP contribution in [0.1, 0.15) is 45.7 Å². The molecule has 0 amide bonds. The van der Waals surface area contributed by atoms with Crippen molar-refractivity contribution in [1.29, 1.82) is 0 Å². The van der Waals surface area contributed by atoms with Crippen LogP contribution in [0, 0.1) is 24.7 Å². The van der Waals surface area contributed by atoms with E-state index in [0.29, 0.717) is 12.1 Å². The van der Waals surface area contributed by atoms with E-state index in [1.165, 1.54) is 6.21 Å². The summed E-state index contributed by atoms with van der Waals surface area (Å²) in [7, 11) is 0. The molecule has 4 rings (SSSR count). The van der Waals surface area contributed by atoms with Crippen molar-refractivity contribution in [3.8, 4) is 24.7 Å². The van der Waals surface area contributed by atoms with E-state index < -0.39 is 18.4 Å². The molecule has 1 fully saturated rings. The highest BCUT2D eigenvalue weighted by atomic mass is 16.5. The molecule has 3 atom stereocenters. The molecule has 0 aromatic heterocycles. The molecule has 1 saturated heterocycles. The number of terminal acetylenes is 2. The number of ether oxygens (including phenoxy) is 1. The van der Waals surface area contributed by atoms with Crippen LogP contribution >= 0.6 is 0 Å². The first-order valence-electron chi connectivity index (χ1n) is 11.5. The summed E-state index contributed by atoms with van der Waals surface area (Å²) in [6.45, 7) is -0.259. The van der Waals surface area contributed by atoms with Gasteiger partial charge in [0, 0.05) is 29.0 Å². The SMILES string of the molecule is C#Cc1ccc(C(c2ccc(C#C)cc2)c2ccc(C(/C=N/C3CC(O)C(CO)O3)=N/N)cc2)cc1. The number of aliphatic imine (C=N–C) groups is 1. The van der Waals surface area contributed by atoms with Gasteiger partial charge in [-0.15, -0.1) is 12.8 Å². The lowest BCUT2D eigenvalue weighted by Gasteiger charge is -2.19. The highest BCUT2D eigenvalue weighted by Gasteiger charge is 2.32. The van der Waals surface area contributed by atoms with Crippen molar-refractivity contribution in [2.45, 2.75) is 30.8 Å². The highest BCUT2D eigenvalue weighted by Crippen LogP contribution is 2.32. The zero-order chi connectivity index (χ0) is 25.5. The first kappa shape index (κ1) is 24.9. The minimum absolute atomic E-state index is 0.0339. The Morgan fingerprint density at radius 2 is 1.44 bits per heavy atom. The largest absolute Gasteiger partial charge is 0.394 e. The van der Waals surface area contributed by atoms with Crippen molar-refractivity contribution >= 4 is 11.9 Å². The maximum atomic E-state index is 9.89. The molecule has 36 heavy (non-hydrogen) atoms. The molecule has 0 radical (unpaired) electrons. The second kappa shape index (κ2) is 11.5. The van der Waals surface area contributed by atoms with Crippen LogP contribution < -0.4 is 5.84 Å². The topological polar surface area (TPSA) is 100 Å². The van der Waals surface area contributed by atoms with Gasteiger partial charge >= 0.3 is 0 Å². The summed E-state index contributed by atoms with van der Waals surface area (Å²) in [6.07, 6.45) is 11.0. The molecule has 6 heteroatoms. The number of hydrogen-bond donors (Lipinski definition) is 3. The molecule has 1 aliphatic heterocycles. The number of rotatable bonds is 7. The average Bonchev–Trinajstić information content (AvgIpc) is 3.30. The quantitative estimate of drug-likeness (QED) is 0.160. The number of aliphatic hydroxyl groups is 2. The summed E-state index contributed by atoms with van der Waals surface area (Å²) in [4.78, 5) is 4.34. The van der Waals surface area contributed by atoms with E-state index in [1.807, 2.05) is 72.8 Å². The van der Waals surface area contributed by atoms with E-state index in [-0.39, 0.29) is 12.5 Å². The van der Waals surface area contributed by atoms with Gasteiger partial charge in [0.1, 0.15) is 11.8 Å². The Balaban J connectivity index is 1.61. The monoisotopic (exact) mass is 477 g/mol. The minimum Gasteiger partial charge on any atom is -0.394 e. The fraction of sp³-hybridized carbons (Fsp3) is 0.200. The Kier molecular flexibility index (Phi) is 7.95. The maximum Gasteiger partial charge on any atom is 0.151 e. The Labute approximate surface area is 211 Å². The van der Waals surface area contributed by atoms with Gasteiger partial charge in [-0.05, 0) is 41.0 Å². The summed E-state index contributed by atoms with van der Waals surface area (Å²) in [5.41, 5.74) is 6.17. The normalized spacial score (nSPS) is 19.9. The minimum atomic E-state index is -0.754. The summed E-state index contributed by atoms with van der Waals surface area (Å²) in [5.74, 6) is 10.9. The molecular formula is C30H27N3O3. The van der Waals surface area contributed by atoms with Crippen LogP contribution in [-0.4, -0.2) is 47.2 Å². The molecule has 1 heterocycles. The van der Waals surface area contributed by atoms with E-state index in [1.54, 1.807) is 0 Å². The van der Waals surface area contributed by atoms with Gasteiger partial charge in [0.2, 0.25) is 0 Å². The summed E-state index contributed by atoms with van der Waals surface area (Å²) in [5, 5.41) is 23.0. The van der Waals surface area contributed by atoms with Gasteiger partial charge in [0.15, 0.2) is 6.23 Å². The molecule has 4 N–H and O–H groups in total. The lowest BCUT2D eigenvalue weighted by Crippen LogP contribution is -2.24. The van der Waals surface area contributed by atoms with Crippen molar-refractivity contribution in [2.24, 2.45) is 15.9 Å². The lowest BCUT2D eigenvalue weighted by atomic mass is 9.84. The van der Waals surface area contributed by atoms with Crippen molar-refractivity contribution < 1.29 is 14.9 Å². The number of nitrogens with two attached hydrogens (primary N) is 1. The van der Waals surface area contributed by atoms with Gasteiger partial charge in [0.05, 0.1) is 18.9 Å². The van der Waals surface area contributed by atoms with Crippen LogP contribution in [0.4, 0.5) is 0 Å². The molecule has 3 aromatic carbocycles. The van der Waals surface area contributed by atoms with E-state index in [4.69, 9.17) is 23.4 Å². The zero-order valence-corrected chi connectivity index (χ0v) is 19.7. The van der Waals surface area contributed by atoms with Crippen molar-refractivity contribution in [3.05, 3.63) is 106 Å². The smallest absolute Gasteiger partial charge is 0.151 e. The lowest BCUT2D eigenvalue weighted by molar-refractivity contribution is -0.0192.